The van der Waals surface area contributed by atoms with E-state index in [1.807, 2.05) is 0 Å². The maximum absolute atomic E-state index is 10.7. The second-order valence-electron chi connectivity index (χ2n) is 5.11. The summed E-state index contributed by atoms with van der Waals surface area (Å²) >= 11 is 5.19. The van der Waals surface area contributed by atoms with E-state index in [0.29, 0.717) is 11.2 Å². The highest BCUT2D eigenvalue weighted by Crippen LogP contribution is 2.17. The molecule has 0 saturated heterocycles. The van der Waals surface area contributed by atoms with Gasteiger partial charge in [-0.05, 0) is 42.8 Å². The van der Waals surface area contributed by atoms with Gasteiger partial charge in [-0.3, -0.25) is 5.43 Å². The van der Waals surface area contributed by atoms with Crippen LogP contribution in [0.1, 0.15) is 48.0 Å². The number of nitrogens with zero attached hydrogens (tertiary/aromatic N) is 1. The Morgan fingerprint density at radius 3 is 2.52 bits per heavy atom. The molecule has 1 aliphatic rings. The molecule has 0 radical (unpaired) electrons. The Labute approximate surface area is 129 Å². The smallest absolute Gasteiger partial charge is 0.335 e. The molecule has 21 heavy (non-hydrogen) atoms. The highest BCUT2D eigenvalue weighted by molar-refractivity contribution is 7.80. The SMILES string of the molecule is O=C(O)c1ccc(/C=N\NC(=S)NC2CCCCC2)cc1. The van der Waals surface area contributed by atoms with E-state index in [0.717, 1.165) is 18.4 Å². The highest BCUT2D eigenvalue weighted by atomic mass is 32.1. The fraction of sp³-hybridized carbons (Fsp3) is 0.400. The Kier molecular flexibility index (Phi) is 5.68. The quantitative estimate of drug-likeness (QED) is 0.453. The van der Waals surface area contributed by atoms with Gasteiger partial charge in [-0.25, -0.2) is 4.79 Å². The molecule has 0 amide bonds. The van der Waals surface area contributed by atoms with E-state index in [9.17, 15) is 4.79 Å². The Hall–Kier alpha value is -1.95. The van der Waals surface area contributed by atoms with Crippen LogP contribution < -0.4 is 10.7 Å². The molecule has 1 aromatic rings. The third kappa shape index (κ3) is 5.15. The fourth-order valence-corrected chi connectivity index (χ4v) is 2.56. The van der Waals surface area contributed by atoms with Crippen molar-refractivity contribution in [2.45, 2.75) is 38.1 Å². The van der Waals surface area contributed by atoms with E-state index in [1.165, 1.54) is 19.3 Å². The zero-order valence-corrected chi connectivity index (χ0v) is 12.5. The van der Waals surface area contributed by atoms with Crippen LogP contribution in [0.25, 0.3) is 0 Å². The second-order valence-corrected chi connectivity index (χ2v) is 5.51. The number of hydrogen-bond donors (Lipinski definition) is 3. The van der Waals surface area contributed by atoms with Gasteiger partial charge < -0.3 is 10.4 Å². The number of carboxylic acids is 1. The lowest BCUT2D eigenvalue weighted by Gasteiger charge is -2.23. The average Bonchev–Trinajstić information content (AvgIpc) is 2.49. The first-order chi connectivity index (χ1) is 10.1. The molecule has 0 atom stereocenters. The van der Waals surface area contributed by atoms with Gasteiger partial charge in [-0.15, -0.1) is 0 Å². The first kappa shape index (κ1) is 15.4. The standard InChI is InChI=1S/C15H19N3O2S/c19-14(20)12-8-6-11(7-9-12)10-16-18-15(21)17-13-4-2-1-3-5-13/h6-10,13H,1-5H2,(H,19,20)(H2,17,18,21)/b16-10-. The number of carbonyl (C=O) groups is 1. The molecule has 1 fully saturated rings. The molecule has 3 N–H and O–H groups in total. The van der Waals surface area contributed by atoms with E-state index in [2.05, 4.69) is 15.8 Å². The van der Waals surface area contributed by atoms with E-state index in [4.69, 9.17) is 17.3 Å². The molecular formula is C15H19N3O2S. The molecule has 0 bridgehead atoms. The minimum atomic E-state index is -0.936. The molecule has 112 valence electrons. The summed E-state index contributed by atoms with van der Waals surface area (Å²) in [5.41, 5.74) is 3.86. The third-order valence-electron chi connectivity index (χ3n) is 3.48. The number of rotatable bonds is 4. The summed E-state index contributed by atoms with van der Waals surface area (Å²) < 4.78 is 0. The largest absolute Gasteiger partial charge is 0.478 e. The molecule has 0 unspecified atom stereocenters. The summed E-state index contributed by atoms with van der Waals surface area (Å²) in [5, 5.41) is 16.7. The number of hydrogen-bond acceptors (Lipinski definition) is 3. The van der Waals surface area contributed by atoms with E-state index in [-0.39, 0.29) is 5.56 Å². The van der Waals surface area contributed by atoms with Crippen LogP contribution in [0.4, 0.5) is 0 Å². The van der Waals surface area contributed by atoms with Crippen LogP contribution in [0, 0.1) is 0 Å². The molecule has 1 aromatic carbocycles. The van der Waals surface area contributed by atoms with Gasteiger partial charge in [0.05, 0.1) is 11.8 Å². The van der Waals surface area contributed by atoms with Gasteiger partial charge in [-0.2, -0.15) is 5.10 Å². The lowest BCUT2D eigenvalue weighted by Crippen LogP contribution is -2.40. The van der Waals surface area contributed by atoms with E-state index < -0.39 is 5.97 Å². The van der Waals surface area contributed by atoms with Gasteiger partial charge in [-0.1, -0.05) is 31.4 Å². The van der Waals surface area contributed by atoms with Crippen molar-refractivity contribution in [3.05, 3.63) is 35.4 Å². The van der Waals surface area contributed by atoms with Crippen LogP contribution in [-0.2, 0) is 0 Å². The Bertz CT molecular complexity index is 522. The van der Waals surface area contributed by atoms with Gasteiger partial charge in [0.15, 0.2) is 5.11 Å². The van der Waals surface area contributed by atoms with Crippen molar-refractivity contribution in [1.82, 2.24) is 10.7 Å². The van der Waals surface area contributed by atoms with Crippen LogP contribution in [0.2, 0.25) is 0 Å². The van der Waals surface area contributed by atoms with Gasteiger partial charge in [0.2, 0.25) is 0 Å². The van der Waals surface area contributed by atoms with Crippen LogP contribution in [0.5, 0.6) is 0 Å². The predicted octanol–water partition coefficient (Wildman–Crippen LogP) is 2.52. The van der Waals surface area contributed by atoms with Crippen LogP contribution >= 0.6 is 12.2 Å². The monoisotopic (exact) mass is 305 g/mol. The predicted molar refractivity (Wildman–Crippen MR) is 86.7 cm³/mol. The Morgan fingerprint density at radius 1 is 1.24 bits per heavy atom. The summed E-state index contributed by atoms with van der Waals surface area (Å²) in [6.45, 7) is 0. The highest BCUT2D eigenvalue weighted by Gasteiger charge is 2.13. The molecule has 1 aliphatic carbocycles. The fourth-order valence-electron chi connectivity index (χ4n) is 2.34. The molecule has 5 nitrogen and oxygen atoms in total. The Morgan fingerprint density at radius 2 is 1.90 bits per heavy atom. The molecule has 6 heteroatoms. The van der Waals surface area contributed by atoms with Crippen molar-refractivity contribution in [3.63, 3.8) is 0 Å². The van der Waals surface area contributed by atoms with Gasteiger partial charge in [0, 0.05) is 6.04 Å². The molecule has 0 spiro atoms. The zero-order valence-electron chi connectivity index (χ0n) is 11.7. The van der Waals surface area contributed by atoms with Crippen molar-refractivity contribution in [2.24, 2.45) is 5.10 Å². The number of aromatic carboxylic acids is 1. The maximum atomic E-state index is 10.7. The van der Waals surface area contributed by atoms with E-state index in [1.54, 1.807) is 30.5 Å². The molecular weight excluding hydrogens is 286 g/mol. The number of benzene rings is 1. The van der Waals surface area contributed by atoms with Crippen molar-refractivity contribution < 1.29 is 9.90 Å². The van der Waals surface area contributed by atoms with Crippen molar-refractivity contribution in [1.29, 1.82) is 0 Å². The van der Waals surface area contributed by atoms with Crippen molar-refractivity contribution in [3.8, 4) is 0 Å². The summed E-state index contributed by atoms with van der Waals surface area (Å²) in [5.74, 6) is -0.936. The minimum Gasteiger partial charge on any atom is -0.478 e. The van der Waals surface area contributed by atoms with Crippen LogP contribution in [0.15, 0.2) is 29.4 Å². The summed E-state index contributed by atoms with van der Waals surface area (Å²) in [6, 6.07) is 6.94. The first-order valence-electron chi connectivity index (χ1n) is 7.08. The average molecular weight is 305 g/mol. The zero-order chi connectivity index (χ0) is 15.1. The normalized spacial score (nSPS) is 15.8. The summed E-state index contributed by atoms with van der Waals surface area (Å²) in [7, 11) is 0. The minimum absolute atomic E-state index is 0.259. The van der Waals surface area contributed by atoms with Crippen LogP contribution in [0.3, 0.4) is 0 Å². The molecule has 1 saturated carbocycles. The van der Waals surface area contributed by atoms with Crippen molar-refractivity contribution in [2.75, 3.05) is 0 Å². The van der Waals surface area contributed by atoms with Gasteiger partial charge in [0.1, 0.15) is 0 Å². The molecule has 0 aliphatic heterocycles. The number of thiocarbonyl (C=S) groups is 1. The Balaban J connectivity index is 1.78. The van der Waals surface area contributed by atoms with Crippen molar-refractivity contribution >= 4 is 29.5 Å². The lowest BCUT2D eigenvalue weighted by atomic mass is 9.96. The molecule has 0 aromatic heterocycles. The summed E-state index contributed by atoms with van der Waals surface area (Å²) in [4.78, 5) is 10.7. The number of carboxylic acid groups (broad SMARTS) is 1. The summed E-state index contributed by atoms with van der Waals surface area (Å²) in [6.07, 6.45) is 7.73. The lowest BCUT2D eigenvalue weighted by molar-refractivity contribution is 0.0697. The van der Waals surface area contributed by atoms with E-state index >= 15 is 0 Å². The number of hydrazone groups is 1. The maximum Gasteiger partial charge on any atom is 0.335 e. The number of nitrogens with one attached hydrogen (secondary N) is 2. The molecule has 2 rings (SSSR count). The molecule has 0 heterocycles. The topological polar surface area (TPSA) is 73.7 Å². The van der Waals surface area contributed by atoms with Gasteiger partial charge in [0.25, 0.3) is 0 Å². The van der Waals surface area contributed by atoms with Gasteiger partial charge >= 0.3 is 5.97 Å². The second kappa shape index (κ2) is 7.73. The third-order valence-corrected chi connectivity index (χ3v) is 3.69. The first-order valence-corrected chi connectivity index (χ1v) is 7.49. The van der Waals surface area contributed by atoms with Crippen LogP contribution in [-0.4, -0.2) is 28.4 Å².